The standard InChI is InChI=1S/C22H19FNO4P.C6H7N/c1-3-13(11-29)20-10-19(25)17-9-14(23)8-16(21(17)28-20)12(2)24-18-7-5-4-6-15(18)22(26)27;1-6-3-2-4-7-5-6/h3-12,24,29H,1-2H3,(H,26,27);2-5H,1H3/b13-3+;. The van der Waals surface area contributed by atoms with Crippen molar-refractivity contribution >= 4 is 42.9 Å². The summed E-state index contributed by atoms with van der Waals surface area (Å²) in [7, 11) is 3.30. The second-order valence-corrected chi connectivity index (χ2v) is 8.27. The number of pyridine rings is 1. The lowest BCUT2D eigenvalue weighted by atomic mass is 10.0. The minimum absolute atomic E-state index is 0.0899. The number of hydrogen-bond acceptors (Lipinski definition) is 5. The fourth-order valence-corrected chi connectivity index (χ4v) is 3.87. The Hall–Kier alpha value is -4.09. The molecule has 0 spiro atoms. The lowest BCUT2D eigenvalue weighted by Gasteiger charge is -2.19. The number of rotatable bonds is 6. The predicted molar refractivity (Wildman–Crippen MR) is 145 cm³/mol. The quantitative estimate of drug-likeness (QED) is 0.290. The maximum atomic E-state index is 14.2. The van der Waals surface area contributed by atoms with Crippen molar-refractivity contribution in [2.45, 2.75) is 26.8 Å². The van der Waals surface area contributed by atoms with E-state index in [2.05, 4.69) is 19.2 Å². The minimum atomic E-state index is -1.08. The zero-order valence-corrected chi connectivity index (χ0v) is 21.1. The van der Waals surface area contributed by atoms with Crippen molar-refractivity contribution in [3.8, 4) is 0 Å². The van der Waals surface area contributed by atoms with E-state index in [1.54, 1.807) is 50.1 Å². The van der Waals surface area contributed by atoms with E-state index >= 15 is 0 Å². The summed E-state index contributed by atoms with van der Waals surface area (Å²) in [6.07, 6.45) is 5.37. The van der Waals surface area contributed by atoms with Gasteiger partial charge < -0.3 is 14.8 Å². The van der Waals surface area contributed by atoms with Crippen LogP contribution in [0.5, 0.6) is 0 Å². The number of hydrogen-bond donors (Lipinski definition) is 2. The number of aryl methyl sites for hydroxylation is 1. The van der Waals surface area contributed by atoms with Gasteiger partial charge in [0.2, 0.25) is 0 Å². The molecule has 4 aromatic rings. The normalized spacial score (nSPS) is 11.8. The van der Waals surface area contributed by atoms with E-state index in [0.717, 1.165) is 6.07 Å². The molecule has 1 atom stereocenters. The van der Waals surface area contributed by atoms with Gasteiger partial charge in [0, 0.05) is 35.3 Å². The summed E-state index contributed by atoms with van der Waals surface area (Å²) >= 11 is 0. The van der Waals surface area contributed by atoms with Crippen LogP contribution in [0.15, 0.2) is 82.3 Å². The first kappa shape index (κ1) is 26.5. The number of carbonyl (C=O) groups is 1. The molecular weight excluding hydrogens is 478 g/mol. The first-order valence-electron chi connectivity index (χ1n) is 11.1. The van der Waals surface area contributed by atoms with Crippen molar-refractivity contribution in [3.63, 3.8) is 0 Å². The Morgan fingerprint density at radius 3 is 2.53 bits per heavy atom. The number of fused-ring (bicyclic) bond motifs is 1. The number of carboxylic acids is 1. The van der Waals surface area contributed by atoms with Gasteiger partial charge in [-0.3, -0.25) is 9.78 Å². The molecule has 0 aliphatic carbocycles. The molecule has 6 nitrogen and oxygen atoms in total. The first-order valence-corrected chi connectivity index (χ1v) is 11.7. The van der Waals surface area contributed by atoms with Gasteiger partial charge in [-0.2, -0.15) is 0 Å². The van der Waals surface area contributed by atoms with E-state index in [-0.39, 0.29) is 22.0 Å². The number of nitrogens with one attached hydrogen (secondary N) is 1. The summed E-state index contributed by atoms with van der Waals surface area (Å²) < 4.78 is 20.2. The van der Waals surface area contributed by atoms with Gasteiger partial charge in [-0.15, -0.1) is 8.86 Å². The fraction of sp³-hybridized carbons (Fsp3) is 0.143. The maximum Gasteiger partial charge on any atom is 0.337 e. The van der Waals surface area contributed by atoms with Crippen LogP contribution in [0.4, 0.5) is 10.1 Å². The first-order chi connectivity index (χ1) is 17.2. The molecule has 0 bridgehead atoms. The summed E-state index contributed by atoms with van der Waals surface area (Å²) in [5, 5.41) is 12.6. The second kappa shape index (κ2) is 12.0. The Bertz CT molecular complexity index is 1480. The minimum Gasteiger partial charge on any atom is -0.478 e. The molecule has 0 aliphatic heterocycles. The van der Waals surface area contributed by atoms with Crippen molar-refractivity contribution in [3.05, 3.63) is 112 Å². The molecular formula is C28H26FN2O4P. The molecule has 0 radical (unpaired) electrons. The molecule has 36 heavy (non-hydrogen) atoms. The summed E-state index contributed by atoms with van der Waals surface area (Å²) in [4.78, 5) is 27.9. The van der Waals surface area contributed by atoms with Crippen LogP contribution < -0.4 is 10.7 Å². The lowest BCUT2D eigenvalue weighted by Crippen LogP contribution is -2.13. The fourth-order valence-electron chi connectivity index (χ4n) is 3.56. The number of halogens is 1. The highest BCUT2D eigenvalue weighted by Crippen LogP contribution is 2.30. The van der Waals surface area contributed by atoms with E-state index in [0.29, 0.717) is 22.6 Å². The second-order valence-electron chi connectivity index (χ2n) is 7.98. The highest BCUT2D eigenvalue weighted by Gasteiger charge is 2.19. The number of carboxylic acid groups (broad SMARTS) is 1. The number of para-hydroxylation sites is 1. The Labute approximate surface area is 210 Å². The summed E-state index contributed by atoms with van der Waals surface area (Å²) in [6, 6.07) is 13.6. The van der Waals surface area contributed by atoms with Crippen LogP contribution in [0.2, 0.25) is 0 Å². The van der Waals surface area contributed by atoms with Crippen molar-refractivity contribution in [1.82, 2.24) is 4.98 Å². The molecule has 0 saturated heterocycles. The molecule has 1 unspecified atom stereocenters. The summed E-state index contributed by atoms with van der Waals surface area (Å²) in [6.45, 7) is 5.56. The van der Waals surface area contributed by atoms with Gasteiger partial charge in [0.1, 0.15) is 17.2 Å². The lowest BCUT2D eigenvalue weighted by molar-refractivity contribution is 0.0698. The molecule has 2 heterocycles. The average molecular weight is 504 g/mol. The maximum absolute atomic E-state index is 14.2. The Kier molecular flexibility index (Phi) is 8.87. The van der Waals surface area contributed by atoms with Gasteiger partial charge >= 0.3 is 5.97 Å². The van der Waals surface area contributed by atoms with Crippen molar-refractivity contribution < 1.29 is 18.7 Å². The highest BCUT2D eigenvalue weighted by molar-refractivity contribution is 7.20. The molecule has 0 aliphatic rings. The molecule has 0 amide bonds. The highest BCUT2D eigenvalue weighted by atomic mass is 31.0. The summed E-state index contributed by atoms with van der Waals surface area (Å²) in [5.74, 6) is 0.304. The molecule has 2 aromatic carbocycles. The van der Waals surface area contributed by atoms with Gasteiger partial charge in [0.05, 0.1) is 17.0 Å². The molecule has 8 heteroatoms. The van der Waals surface area contributed by atoms with Gasteiger partial charge in [0.15, 0.2) is 5.43 Å². The SMILES string of the molecule is C/C=C(\C=P)c1cc(=O)c2cc(F)cc(C(C)Nc3ccccc3C(=O)O)c2o1.Cc1cccnc1. The van der Waals surface area contributed by atoms with E-state index in [4.69, 9.17) is 4.42 Å². The summed E-state index contributed by atoms with van der Waals surface area (Å²) in [5.41, 5.74) is 2.62. The van der Waals surface area contributed by atoms with Gasteiger partial charge in [-0.25, -0.2) is 9.18 Å². The zero-order chi connectivity index (χ0) is 26.2. The Morgan fingerprint density at radius 2 is 1.94 bits per heavy atom. The number of nitrogens with zero attached hydrogens (tertiary/aromatic N) is 1. The van der Waals surface area contributed by atoms with E-state index < -0.39 is 17.8 Å². The van der Waals surface area contributed by atoms with Crippen LogP contribution in [-0.4, -0.2) is 21.9 Å². The van der Waals surface area contributed by atoms with Crippen LogP contribution in [0, 0.1) is 12.7 Å². The van der Waals surface area contributed by atoms with Crippen LogP contribution in [-0.2, 0) is 0 Å². The predicted octanol–water partition coefficient (Wildman–Crippen LogP) is 6.54. The number of allylic oxidation sites excluding steroid dienone is 2. The molecule has 0 fully saturated rings. The van der Waals surface area contributed by atoms with Gasteiger partial charge in [-0.1, -0.05) is 24.3 Å². The number of aromatic carboxylic acids is 1. The van der Waals surface area contributed by atoms with Crippen LogP contribution in [0.25, 0.3) is 16.5 Å². The van der Waals surface area contributed by atoms with E-state index in [1.165, 1.54) is 23.8 Å². The molecule has 2 N–H and O–H groups in total. The third-order valence-electron chi connectivity index (χ3n) is 5.38. The third kappa shape index (κ3) is 6.32. The topological polar surface area (TPSA) is 92.4 Å². The monoisotopic (exact) mass is 504 g/mol. The van der Waals surface area contributed by atoms with Crippen molar-refractivity contribution in [1.29, 1.82) is 0 Å². The number of aromatic nitrogens is 1. The molecule has 2 aromatic heterocycles. The smallest absolute Gasteiger partial charge is 0.337 e. The average Bonchev–Trinajstić information content (AvgIpc) is 2.86. The molecule has 0 saturated carbocycles. The zero-order valence-electron chi connectivity index (χ0n) is 20.1. The Balaban J connectivity index is 0.000000444. The van der Waals surface area contributed by atoms with E-state index in [1.807, 2.05) is 25.3 Å². The van der Waals surface area contributed by atoms with Gasteiger partial charge in [0.25, 0.3) is 0 Å². The largest absolute Gasteiger partial charge is 0.478 e. The van der Waals surface area contributed by atoms with Crippen molar-refractivity contribution in [2.75, 3.05) is 5.32 Å². The third-order valence-corrected chi connectivity index (χ3v) is 5.69. The Morgan fingerprint density at radius 1 is 1.19 bits per heavy atom. The van der Waals surface area contributed by atoms with Gasteiger partial charge in [-0.05, 0) is 62.5 Å². The number of benzene rings is 2. The van der Waals surface area contributed by atoms with Crippen LogP contribution >= 0.6 is 8.86 Å². The number of anilines is 1. The van der Waals surface area contributed by atoms with Crippen LogP contribution in [0.1, 0.15) is 47.1 Å². The molecule has 184 valence electrons. The molecule has 4 rings (SSSR count). The van der Waals surface area contributed by atoms with E-state index in [9.17, 15) is 19.1 Å². The van der Waals surface area contributed by atoms with Crippen molar-refractivity contribution in [2.24, 2.45) is 0 Å². The van der Waals surface area contributed by atoms with Crippen LogP contribution in [0.3, 0.4) is 0 Å².